The number of anilines is 2. The van der Waals surface area contributed by atoms with Gasteiger partial charge in [-0.25, -0.2) is 12.8 Å². The molecule has 2 N–H and O–H groups in total. The SMILES string of the molecule is COc1ccc(NS(=O)(=O)c2ccc(C)c(C(=O)Nc3ccc(F)cc3)c2)cc1. The second-order valence-corrected chi connectivity index (χ2v) is 7.95. The molecule has 0 fully saturated rings. The summed E-state index contributed by atoms with van der Waals surface area (Å²) in [5, 5.41) is 2.63. The Kier molecular flexibility index (Phi) is 5.84. The topological polar surface area (TPSA) is 84.5 Å². The average molecular weight is 414 g/mol. The summed E-state index contributed by atoms with van der Waals surface area (Å²) in [6, 6.07) is 16.0. The standard InChI is InChI=1S/C21H19FN2O4S/c1-14-3-12-19(29(26,27)24-17-8-10-18(28-2)11-9-17)13-20(14)21(25)23-16-6-4-15(22)5-7-16/h3-13,24H,1-2H3,(H,23,25). The average Bonchev–Trinajstić information content (AvgIpc) is 2.70. The lowest BCUT2D eigenvalue weighted by Gasteiger charge is -2.12. The number of carbonyl (C=O) groups excluding carboxylic acids is 1. The first-order valence-corrected chi connectivity index (χ1v) is 10.1. The Bertz CT molecular complexity index is 1130. The molecule has 8 heteroatoms. The molecule has 0 saturated heterocycles. The quantitative estimate of drug-likeness (QED) is 0.633. The van der Waals surface area contributed by atoms with Crippen molar-refractivity contribution in [1.82, 2.24) is 0 Å². The number of amides is 1. The smallest absolute Gasteiger partial charge is 0.261 e. The molecule has 0 atom stereocenters. The number of aryl methyl sites for hydroxylation is 1. The molecular formula is C21H19FN2O4S. The van der Waals surface area contributed by atoms with Crippen LogP contribution in [0.1, 0.15) is 15.9 Å². The van der Waals surface area contributed by atoms with Crippen LogP contribution in [0.2, 0.25) is 0 Å². The number of nitrogens with one attached hydrogen (secondary N) is 2. The minimum atomic E-state index is -3.90. The number of benzene rings is 3. The molecule has 3 rings (SSSR count). The third-order valence-corrected chi connectivity index (χ3v) is 5.59. The highest BCUT2D eigenvalue weighted by molar-refractivity contribution is 7.92. The molecule has 0 radical (unpaired) electrons. The Morgan fingerprint density at radius 3 is 2.17 bits per heavy atom. The number of methoxy groups -OCH3 is 1. The van der Waals surface area contributed by atoms with Crippen molar-refractivity contribution in [2.24, 2.45) is 0 Å². The first-order chi connectivity index (χ1) is 13.8. The monoisotopic (exact) mass is 414 g/mol. The van der Waals surface area contributed by atoms with E-state index in [1.165, 1.54) is 43.5 Å². The number of sulfonamides is 1. The molecule has 6 nitrogen and oxygen atoms in total. The summed E-state index contributed by atoms with van der Waals surface area (Å²) in [7, 11) is -2.39. The van der Waals surface area contributed by atoms with Crippen molar-refractivity contribution in [2.75, 3.05) is 17.1 Å². The predicted octanol–water partition coefficient (Wildman–Crippen LogP) is 4.20. The van der Waals surface area contributed by atoms with Crippen LogP contribution in [0.15, 0.2) is 71.6 Å². The van der Waals surface area contributed by atoms with Gasteiger partial charge in [-0.15, -0.1) is 0 Å². The van der Waals surface area contributed by atoms with E-state index in [0.717, 1.165) is 0 Å². The normalized spacial score (nSPS) is 11.0. The van der Waals surface area contributed by atoms with Gasteiger partial charge >= 0.3 is 0 Å². The molecule has 0 aliphatic carbocycles. The van der Waals surface area contributed by atoms with Gasteiger partial charge in [-0.2, -0.15) is 0 Å². The molecule has 0 aromatic heterocycles. The van der Waals surface area contributed by atoms with Crippen LogP contribution in [0, 0.1) is 12.7 Å². The van der Waals surface area contributed by atoms with Gasteiger partial charge in [-0.1, -0.05) is 6.07 Å². The third kappa shape index (κ3) is 4.91. The summed E-state index contributed by atoms with van der Waals surface area (Å²) in [6.45, 7) is 1.70. The van der Waals surface area contributed by atoms with Crippen LogP contribution in [0.25, 0.3) is 0 Å². The van der Waals surface area contributed by atoms with E-state index in [0.29, 0.717) is 22.7 Å². The van der Waals surface area contributed by atoms with Gasteiger partial charge < -0.3 is 10.1 Å². The van der Waals surface area contributed by atoms with Crippen LogP contribution in [-0.4, -0.2) is 21.4 Å². The van der Waals surface area contributed by atoms with Crippen LogP contribution < -0.4 is 14.8 Å². The fourth-order valence-electron chi connectivity index (χ4n) is 2.62. The van der Waals surface area contributed by atoms with Gasteiger partial charge in [0.1, 0.15) is 11.6 Å². The van der Waals surface area contributed by atoms with Crippen molar-refractivity contribution in [3.05, 3.63) is 83.7 Å². The fourth-order valence-corrected chi connectivity index (χ4v) is 3.70. The summed E-state index contributed by atoms with van der Waals surface area (Å²) in [5.74, 6) is -0.310. The van der Waals surface area contributed by atoms with E-state index < -0.39 is 21.7 Å². The highest BCUT2D eigenvalue weighted by atomic mass is 32.2. The van der Waals surface area contributed by atoms with Crippen LogP contribution >= 0.6 is 0 Å². The van der Waals surface area contributed by atoms with Gasteiger partial charge in [0.2, 0.25) is 0 Å². The van der Waals surface area contributed by atoms with E-state index in [-0.39, 0.29) is 10.5 Å². The highest BCUT2D eigenvalue weighted by Gasteiger charge is 2.18. The molecule has 0 heterocycles. The maximum absolute atomic E-state index is 13.0. The lowest BCUT2D eigenvalue weighted by Crippen LogP contribution is -2.17. The highest BCUT2D eigenvalue weighted by Crippen LogP contribution is 2.22. The van der Waals surface area contributed by atoms with Crippen LogP contribution in [0.3, 0.4) is 0 Å². The zero-order valence-corrected chi connectivity index (χ0v) is 16.6. The van der Waals surface area contributed by atoms with Crippen molar-refractivity contribution in [2.45, 2.75) is 11.8 Å². The Morgan fingerprint density at radius 2 is 1.55 bits per heavy atom. The van der Waals surface area contributed by atoms with Crippen LogP contribution in [0.5, 0.6) is 5.75 Å². The van der Waals surface area contributed by atoms with Crippen LogP contribution in [-0.2, 0) is 10.0 Å². The maximum Gasteiger partial charge on any atom is 0.261 e. The summed E-state index contributed by atoms with van der Waals surface area (Å²) in [5.41, 5.74) is 1.57. The third-order valence-electron chi connectivity index (χ3n) is 4.21. The summed E-state index contributed by atoms with van der Waals surface area (Å²) in [4.78, 5) is 12.5. The van der Waals surface area contributed by atoms with E-state index >= 15 is 0 Å². The van der Waals surface area contributed by atoms with Gasteiger partial charge in [0.15, 0.2) is 0 Å². The van der Waals surface area contributed by atoms with Gasteiger partial charge in [0.25, 0.3) is 15.9 Å². The molecular weight excluding hydrogens is 395 g/mol. The minimum Gasteiger partial charge on any atom is -0.497 e. The second-order valence-electron chi connectivity index (χ2n) is 6.27. The van der Waals surface area contributed by atoms with Crippen LogP contribution in [0.4, 0.5) is 15.8 Å². The fraction of sp³-hybridized carbons (Fsp3) is 0.0952. The van der Waals surface area contributed by atoms with Crippen molar-refractivity contribution in [3.8, 4) is 5.75 Å². The van der Waals surface area contributed by atoms with Crippen molar-refractivity contribution >= 4 is 27.3 Å². The van der Waals surface area contributed by atoms with Gasteiger partial charge in [-0.3, -0.25) is 9.52 Å². The van der Waals surface area contributed by atoms with E-state index in [2.05, 4.69) is 10.0 Å². The van der Waals surface area contributed by atoms with Gasteiger partial charge in [0, 0.05) is 16.9 Å². The van der Waals surface area contributed by atoms with E-state index in [1.807, 2.05) is 0 Å². The zero-order chi connectivity index (χ0) is 21.0. The Hall–Kier alpha value is -3.39. The molecule has 29 heavy (non-hydrogen) atoms. The first-order valence-electron chi connectivity index (χ1n) is 8.63. The van der Waals surface area contributed by atoms with E-state index in [9.17, 15) is 17.6 Å². The molecule has 0 aliphatic rings. The number of hydrogen-bond acceptors (Lipinski definition) is 4. The van der Waals surface area contributed by atoms with Crippen molar-refractivity contribution in [1.29, 1.82) is 0 Å². The molecule has 1 amide bonds. The Labute approximate surface area is 168 Å². The molecule has 0 bridgehead atoms. The molecule has 0 saturated carbocycles. The van der Waals surface area contributed by atoms with E-state index in [1.54, 1.807) is 37.3 Å². The summed E-state index contributed by atoms with van der Waals surface area (Å²) >= 11 is 0. The predicted molar refractivity (Wildman–Crippen MR) is 109 cm³/mol. The lowest BCUT2D eigenvalue weighted by atomic mass is 10.1. The first kappa shape index (κ1) is 20.3. The Morgan fingerprint density at radius 1 is 0.931 bits per heavy atom. The largest absolute Gasteiger partial charge is 0.497 e. The molecule has 0 aliphatic heterocycles. The zero-order valence-electron chi connectivity index (χ0n) is 15.8. The maximum atomic E-state index is 13.0. The molecule has 3 aromatic carbocycles. The Balaban J connectivity index is 1.84. The summed E-state index contributed by atoms with van der Waals surface area (Å²) in [6.07, 6.45) is 0. The van der Waals surface area contributed by atoms with Crippen molar-refractivity contribution < 1.29 is 22.3 Å². The number of rotatable bonds is 6. The number of ether oxygens (including phenoxy) is 1. The molecule has 0 unspecified atom stereocenters. The van der Waals surface area contributed by atoms with Gasteiger partial charge in [0.05, 0.1) is 12.0 Å². The minimum absolute atomic E-state index is 0.0526. The molecule has 0 spiro atoms. The number of hydrogen-bond donors (Lipinski definition) is 2. The molecule has 3 aromatic rings. The van der Waals surface area contributed by atoms with Gasteiger partial charge in [-0.05, 0) is 73.2 Å². The number of halogens is 1. The lowest BCUT2D eigenvalue weighted by molar-refractivity contribution is 0.102. The van der Waals surface area contributed by atoms with Crippen molar-refractivity contribution in [3.63, 3.8) is 0 Å². The number of carbonyl (C=O) groups is 1. The molecule has 150 valence electrons. The second kappa shape index (κ2) is 8.32. The van der Waals surface area contributed by atoms with E-state index in [4.69, 9.17) is 4.74 Å². The summed E-state index contributed by atoms with van der Waals surface area (Å²) < 4.78 is 46.0.